The average molecular weight is 482 g/mol. The second kappa shape index (κ2) is 14.6. The summed E-state index contributed by atoms with van der Waals surface area (Å²) in [4.78, 5) is 44.1. The van der Waals surface area contributed by atoms with Crippen LogP contribution in [-0.2, 0) is 9.59 Å². The van der Waals surface area contributed by atoms with Gasteiger partial charge in [-0.3, -0.25) is 29.8 Å². The summed E-state index contributed by atoms with van der Waals surface area (Å²) in [5.74, 6) is -0.486. The maximum atomic E-state index is 11.8. The Balaban J connectivity index is 1.52. The van der Waals surface area contributed by atoms with Crippen LogP contribution in [0.5, 0.6) is 0 Å². The molecule has 12 heteroatoms. The van der Waals surface area contributed by atoms with Crippen molar-refractivity contribution in [2.45, 2.75) is 44.9 Å². The van der Waals surface area contributed by atoms with Gasteiger partial charge >= 0.3 is 0 Å². The lowest BCUT2D eigenvalue weighted by Crippen LogP contribution is -2.17. The summed E-state index contributed by atoms with van der Waals surface area (Å²) in [7, 11) is 0. The van der Waals surface area contributed by atoms with E-state index in [1.165, 1.54) is 36.7 Å². The van der Waals surface area contributed by atoms with Crippen molar-refractivity contribution < 1.29 is 19.4 Å². The summed E-state index contributed by atoms with van der Waals surface area (Å²) in [6.45, 7) is 0. The molecule has 0 bridgehead atoms. The Labute approximate surface area is 201 Å². The second-order valence-electron chi connectivity index (χ2n) is 7.56. The number of hydrogen-bond donors (Lipinski definition) is 2. The molecule has 2 amide bonds. The van der Waals surface area contributed by atoms with E-state index in [2.05, 4.69) is 21.1 Å². The highest BCUT2D eigenvalue weighted by atomic mass is 16.6. The first-order chi connectivity index (χ1) is 16.8. The van der Waals surface area contributed by atoms with E-state index in [1.54, 1.807) is 24.3 Å². The summed E-state index contributed by atoms with van der Waals surface area (Å²) < 4.78 is 0. The molecule has 0 aliphatic rings. The fourth-order valence-corrected chi connectivity index (χ4v) is 3.01. The van der Waals surface area contributed by atoms with Gasteiger partial charge in [0.1, 0.15) is 0 Å². The van der Waals surface area contributed by atoms with Crippen LogP contribution in [0.2, 0.25) is 0 Å². The minimum absolute atomic E-state index is 0.0500. The number of amides is 2. The maximum absolute atomic E-state index is 11.8. The molecule has 0 heterocycles. The van der Waals surface area contributed by atoms with Crippen LogP contribution in [0.15, 0.2) is 58.7 Å². The predicted molar refractivity (Wildman–Crippen MR) is 130 cm³/mol. The zero-order valence-corrected chi connectivity index (χ0v) is 19.0. The summed E-state index contributed by atoms with van der Waals surface area (Å²) in [6, 6.07) is 11.8. The Bertz CT molecular complexity index is 1020. The number of nitrogens with one attached hydrogen (secondary N) is 2. The lowest BCUT2D eigenvalue weighted by molar-refractivity contribution is -0.385. The van der Waals surface area contributed by atoms with Crippen LogP contribution in [-0.4, -0.2) is 34.1 Å². The number of non-ortho nitro benzene ring substituents is 2. The smallest absolute Gasteiger partial charge is 0.270 e. The number of hydrogen-bond acceptors (Lipinski definition) is 8. The van der Waals surface area contributed by atoms with Crippen LogP contribution in [0.3, 0.4) is 0 Å². The molecule has 0 saturated carbocycles. The normalized spacial score (nSPS) is 11.0. The number of nitrogens with zero attached hydrogens (tertiary/aromatic N) is 4. The lowest BCUT2D eigenvalue weighted by Gasteiger charge is -2.02. The molecule has 2 N–H and O–H groups in total. The van der Waals surface area contributed by atoms with Crippen LogP contribution in [0, 0.1) is 20.2 Å². The second-order valence-corrected chi connectivity index (χ2v) is 7.56. The van der Waals surface area contributed by atoms with Gasteiger partial charge in [-0.05, 0) is 12.8 Å². The van der Waals surface area contributed by atoms with E-state index in [0.717, 1.165) is 19.3 Å². The van der Waals surface area contributed by atoms with Crippen molar-refractivity contribution >= 4 is 35.6 Å². The molecule has 184 valence electrons. The van der Waals surface area contributed by atoms with Gasteiger partial charge in [0.2, 0.25) is 11.8 Å². The van der Waals surface area contributed by atoms with Crippen LogP contribution in [0.1, 0.15) is 56.1 Å². The minimum Gasteiger partial charge on any atom is -0.273 e. The summed E-state index contributed by atoms with van der Waals surface area (Å²) in [6.07, 6.45) is 7.19. The van der Waals surface area contributed by atoms with E-state index < -0.39 is 9.85 Å². The predicted octanol–water partition coefficient (Wildman–Crippen LogP) is 3.83. The molecule has 0 aromatic heterocycles. The van der Waals surface area contributed by atoms with Gasteiger partial charge in [-0.15, -0.1) is 0 Å². The lowest BCUT2D eigenvalue weighted by atomic mass is 10.1. The van der Waals surface area contributed by atoms with E-state index >= 15 is 0 Å². The molecular formula is C23H26N6O6. The number of benzene rings is 2. The molecule has 0 atom stereocenters. The summed E-state index contributed by atoms with van der Waals surface area (Å²) in [5, 5.41) is 29.1. The number of unbranched alkanes of at least 4 members (excludes halogenated alkanes) is 4. The topological polar surface area (TPSA) is 169 Å². The van der Waals surface area contributed by atoms with Crippen molar-refractivity contribution in [1.82, 2.24) is 10.9 Å². The molecule has 0 aliphatic heterocycles. The highest BCUT2D eigenvalue weighted by Crippen LogP contribution is 2.12. The zero-order chi connectivity index (χ0) is 25.5. The third kappa shape index (κ3) is 10.8. The first-order valence-corrected chi connectivity index (χ1v) is 11.0. The molecule has 0 spiro atoms. The molecule has 2 rings (SSSR count). The average Bonchev–Trinajstić information content (AvgIpc) is 2.83. The number of carbonyl (C=O) groups is 2. The van der Waals surface area contributed by atoms with E-state index in [1.807, 2.05) is 0 Å². The van der Waals surface area contributed by atoms with E-state index in [-0.39, 0.29) is 23.2 Å². The van der Waals surface area contributed by atoms with Crippen molar-refractivity contribution in [3.05, 3.63) is 79.9 Å². The highest BCUT2D eigenvalue weighted by Gasteiger charge is 2.06. The van der Waals surface area contributed by atoms with Gasteiger partial charge in [0, 0.05) is 48.2 Å². The Morgan fingerprint density at radius 1 is 0.714 bits per heavy atom. The minimum atomic E-state index is -0.500. The molecule has 0 saturated heterocycles. The fraction of sp³-hybridized carbons (Fsp3) is 0.304. The van der Waals surface area contributed by atoms with Gasteiger partial charge in [-0.2, -0.15) is 10.2 Å². The maximum Gasteiger partial charge on any atom is 0.270 e. The van der Waals surface area contributed by atoms with Crippen molar-refractivity contribution in [3.8, 4) is 0 Å². The van der Waals surface area contributed by atoms with Gasteiger partial charge < -0.3 is 0 Å². The van der Waals surface area contributed by atoms with Crippen molar-refractivity contribution in [2.24, 2.45) is 10.2 Å². The van der Waals surface area contributed by atoms with E-state index in [9.17, 15) is 29.8 Å². The molecule has 0 radical (unpaired) electrons. The van der Waals surface area contributed by atoms with Crippen LogP contribution in [0.4, 0.5) is 11.4 Å². The molecule has 2 aromatic carbocycles. The summed E-state index contributed by atoms with van der Waals surface area (Å²) in [5.41, 5.74) is 5.72. The monoisotopic (exact) mass is 482 g/mol. The molecule has 0 unspecified atom stereocenters. The largest absolute Gasteiger partial charge is 0.273 e. The van der Waals surface area contributed by atoms with Gasteiger partial charge in [0.15, 0.2) is 0 Å². The quantitative estimate of drug-likeness (QED) is 0.179. The first-order valence-electron chi connectivity index (χ1n) is 11.0. The number of carbonyl (C=O) groups excluding carboxylic acids is 2. The number of nitro groups is 2. The molecule has 0 aliphatic carbocycles. The Morgan fingerprint density at radius 2 is 1.11 bits per heavy atom. The van der Waals surface area contributed by atoms with Gasteiger partial charge in [0.25, 0.3) is 11.4 Å². The number of rotatable bonds is 14. The molecular weight excluding hydrogens is 456 g/mol. The molecule has 0 fully saturated rings. The van der Waals surface area contributed by atoms with Crippen LogP contribution in [0.25, 0.3) is 0 Å². The van der Waals surface area contributed by atoms with Crippen LogP contribution >= 0.6 is 0 Å². The Kier molecular flexibility index (Phi) is 11.2. The van der Waals surface area contributed by atoms with Crippen molar-refractivity contribution in [3.63, 3.8) is 0 Å². The molecule has 35 heavy (non-hydrogen) atoms. The highest BCUT2D eigenvalue weighted by molar-refractivity contribution is 5.83. The zero-order valence-electron chi connectivity index (χ0n) is 19.0. The SMILES string of the molecule is O=C(CCCCCCCC(=O)N/N=C/c1cccc([N+](=O)[O-])c1)N/N=C/c1cccc([N+](=O)[O-])c1. The van der Waals surface area contributed by atoms with Gasteiger partial charge in [-0.1, -0.05) is 43.5 Å². The van der Waals surface area contributed by atoms with Crippen molar-refractivity contribution in [1.29, 1.82) is 0 Å². The van der Waals surface area contributed by atoms with Gasteiger partial charge in [-0.25, -0.2) is 10.9 Å². The molecule has 12 nitrogen and oxygen atoms in total. The fourth-order valence-electron chi connectivity index (χ4n) is 3.01. The third-order valence-corrected chi connectivity index (χ3v) is 4.78. The summed E-state index contributed by atoms with van der Waals surface area (Å²) >= 11 is 0. The van der Waals surface area contributed by atoms with Gasteiger partial charge in [0.05, 0.1) is 22.3 Å². The van der Waals surface area contributed by atoms with Crippen molar-refractivity contribution in [2.75, 3.05) is 0 Å². The Morgan fingerprint density at radius 3 is 1.51 bits per heavy atom. The number of nitro benzene ring substituents is 2. The first kappa shape index (κ1) is 26.8. The van der Waals surface area contributed by atoms with Crippen LogP contribution < -0.4 is 10.9 Å². The van der Waals surface area contributed by atoms with E-state index in [4.69, 9.17) is 0 Å². The van der Waals surface area contributed by atoms with E-state index in [0.29, 0.717) is 36.8 Å². The Hall–Kier alpha value is -4.48. The third-order valence-electron chi connectivity index (χ3n) is 4.78. The number of hydrazone groups is 2. The standard InChI is InChI=1S/C23H26N6O6/c30-22(26-24-16-18-8-6-10-20(14-18)28(32)33)12-4-2-1-3-5-13-23(31)27-25-17-19-9-7-11-21(15-19)29(34)35/h6-11,14-17H,1-5,12-13H2,(H,26,30)(H,27,31)/b24-16+,25-17+. The molecule has 2 aromatic rings.